The van der Waals surface area contributed by atoms with Gasteiger partial charge in [-0.15, -0.1) is 0 Å². The number of fused-ring (bicyclic) bond motifs is 2. The summed E-state index contributed by atoms with van der Waals surface area (Å²) in [5.74, 6) is 1.88. The van der Waals surface area contributed by atoms with Crippen LogP contribution in [0.1, 0.15) is 50.9 Å². The third kappa shape index (κ3) is 4.76. The Balaban J connectivity index is 1.47. The van der Waals surface area contributed by atoms with Crippen LogP contribution in [0.25, 0.3) is 21.8 Å². The minimum absolute atomic E-state index is 0.776. The fourth-order valence-electron chi connectivity index (χ4n) is 3.59. The van der Waals surface area contributed by atoms with Gasteiger partial charge in [-0.25, -0.2) is 0 Å². The molecule has 4 aromatic rings. The summed E-state index contributed by atoms with van der Waals surface area (Å²) in [6.45, 7) is 5.90. The average molecular weight is 391 g/mol. The molecule has 0 aliphatic rings. The van der Waals surface area contributed by atoms with Crippen LogP contribution in [0.3, 0.4) is 0 Å². The molecule has 0 atom stereocenters. The lowest BCUT2D eigenvalue weighted by Gasteiger charge is -2.04. The number of rotatable bonds is 10. The van der Waals surface area contributed by atoms with Crippen molar-refractivity contribution in [3.63, 3.8) is 0 Å². The molecule has 0 aliphatic heterocycles. The highest BCUT2D eigenvalue weighted by molar-refractivity contribution is 5.83. The maximum atomic E-state index is 5.84. The summed E-state index contributed by atoms with van der Waals surface area (Å²) in [7, 11) is 0. The van der Waals surface area contributed by atoms with E-state index >= 15 is 0 Å². The standard InChI is InChI=1S/C25H30N2O2/c1-3-5-11-28-22-7-9-24-18(15-22)13-20(26-24)17-21-14-19-16-23(29-12-6-4-2)8-10-25(19)27-21/h7-10,13-16,26-27H,3-6,11-12,17H2,1-2H3. The van der Waals surface area contributed by atoms with Crippen molar-refractivity contribution in [1.29, 1.82) is 0 Å². The van der Waals surface area contributed by atoms with Crippen molar-refractivity contribution in [1.82, 2.24) is 9.97 Å². The van der Waals surface area contributed by atoms with Crippen LogP contribution in [-0.4, -0.2) is 23.2 Å². The minimum Gasteiger partial charge on any atom is -0.494 e. The van der Waals surface area contributed by atoms with E-state index in [1.54, 1.807) is 0 Å². The Kier molecular flexibility index (Phi) is 6.09. The van der Waals surface area contributed by atoms with Crippen LogP contribution in [0.4, 0.5) is 0 Å². The average Bonchev–Trinajstić information content (AvgIpc) is 3.30. The summed E-state index contributed by atoms with van der Waals surface area (Å²) < 4.78 is 11.7. The highest BCUT2D eigenvalue weighted by Gasteiger charge is 2.07. The van der Waals surface area contributed by atoms with E-state index in [9.17, 15) is 0 Å². The van der Waals surface area contributed by atoms with Gasteiger partial charge < -0.3 is 19.4 Å². The van der Waals surface area contributed by atoms with Gasteiger partial charge >= 0.3 is 0 Å². The van der Waals surface area contributed by atoms with Crippen LogP contribution >= 0.6 is 0 Å². The van der Waals surface area contributed by atoms with Gasteiger partial charge in [-0.05, 0) is 61.4 Å². The third-order valence-electron chi connectivity index (χ3n) is 5.21. The van der Waals surface area contributed by atoms with E-state index in [0.717, 1.165) is 67.9 Å². The first-order valence-corrected chi connectivity index (χ1v) is 10.7. The van der Waals surface area contributed by atoms with Crippen molar-refractivity contribution in [2.45, 2.75) is 46.0 Å². The zero-order valence-electron chi connectivity index (χ0n) is 17.4. The SMILES string of the molecule is CCCCOc1ccc2[nH]c(Cc3cc4cc(OCCCC)ccc4[nH]3)cc2c1. The van der Waals surface area contributed by atoms with Gasteiger partial charge in [0.05, 0.1) is 13.2 Å². The van der Waals surface area contributed by atoms with E-state index in [4.69, 9.17) is 9.47 Å². The second kappa shape index (κ2) is 9.08. The van der Waals surface area contributed by atoms with Gasteiger partial charge in [0.1, 0.15) is 11.5 Å². The molecule has 2 aromatic heterocycles. The van der Waals surface area contributed by atoms with Gasteiger partial charge in [0.25, 0.3) is 0 Å². The first-order chi connectivity index (χ1) is 14.2. The molecule has 0 saturated heterocycles. The Morgan fingerprint density at radius 2 is 1.14 bits per heavy atom. The number of benzene rings is 2. The fourth-order valence-corrected chi connectivity index (χ4v) is 3.59. The number of hydrogen-bond acceptors (Lipinski definition) is 2. The van der Waals surface area contributed by atoms with Crippen LogP contribution in [0.2, 0.25) is 0 Å². The van der Waals surface area contributed by atoms with E-state index in [1.165, 1.54) is 22.2 Å². The second-order valence-electron chi connectivity index (χ2n) is 7.67. The lowest BCUT2D eigenvalue weighted by molar-refractivity contribution is 0.309. The fraction of sp³-hybridized carbons (Fsp3) is 0.360. The molecule has 0 unspecified atom stereocenters. The smallest absolute Gasteiger partial charge is 0.120 e. The lowest BCUT2D eigenvalue weighted by atomic mass is 10.2. The highest BCUT2D eigenvalue weighted by Crippen LogP contribution is 2.26. The lowest BCUT2D eigenvalue weighted by Crippen LogP contribution is -1.95. The number of nitrogens with one attached hydrogen (secondary N) is 2. The van der Waals surface area contributed by atoms with Gasteiger partial charge in [-0.1, -0.05) is 26.7 Å². The molecule has 2 heterocycles. The number of ether oxygens (including phenoxy) is 2. The molecule has 4 heteroatoms. The summed E-state index contributed by atoms with van der Waals surface area (Å²) in [5.41, 5.74) is 4.67. The highest BCUT2D eigenvalue weighted by atomic mass is 16.5. The molecule has 2 N–H and O–H groups in total. The molecule has 0 saturated carbocycles. The Hall–Kier alpha value is -2.88. The molecule has 0 bridgehead atoms. The van der Waals surface area contributed by atoms with Crippen LogP contribution in [-0.2, 0) is 6.42 Å². The van der Waals surface area contributed by atoms with Crippen LogP contribution in [0.5, 0.6) is 11.5 Å². The first-order valence-electron chi connectivity index (χ1n) is 10.7. The number of aromatic amines is 2. The summed E-state index contributed by atoms with van der Waals surface area (Å²) >= 11 is 0. The predicted molar refractivity (Wildman–Crippen MR) is 120 cm³/mol. The molecule has 4 nitrogen and oxygen atoms in total. The van der Waals surface area contributed by atoms with Gasteiger partial charge in [0.15, 0.2) is 0 Å². The normalized spacial score (nSPS) is 11.4. The van der Waals surface area contributed by atoms with E-state index < -0.39 is 0 Å². The number of aromatic nitrogens is 2. The van der Waals surface area contributed by atoms with Crippen molar-refractivity contribution >= 4 is 21.8 Å². The van der Waals surface area contributed by atoms with Crippen molar-refractivity contribution in [2.24, 2.45) is 0 Å². The van der Waals surface area contributed by atoms with E-state index in [1.807, 2.05) is 12.1 Å². The predicted octanol–water partition coefficient (Wildman–Crippen LogP) is 6.60. The zero-order valence-corrected chi connectivity index (χ0v) is 17.4. The van der Waals surface area contributed by atoms with Gasteiger partial charge in [-0.2, -0.15) is 0 Å². The molecule has 29 heavy (non-hydrogen) atoms. The van der Waals surface area contributed by atoms with E-state index in [2.05, 4.69) is 60.2 Å². The van der Waals surface area contributed by atoms with Gasteiger partial charge in [-0.3, -0.25) is 0 Å². The second-order valence-corrected chi connectivity index (χ2v) is 7.67. The van der Waals surface area contributed by atoms with Crippen LogP contribution < -0.4 is 9.47 Å². The maximum Gasteiger partial charge on any atom is 0.120 e. The van der Waals surface area contributed by atoms with Crippen LogP contribution in [0.15, 0.2) is 48.5 Å². The molecule has 2 aromatic carbocycles. The Bertz CT molecular complexity index is 991. The van der Waals surface area contributed by atoms with Gasteiger partial charge in [0.2, 0.25) is 0 Å². The molecule has 152 valence electrons. The molecule has 4 rings (SSSR count). The van der Waals surface area contributed by atoms with Crippen molar-refractivity contribution < 1.29 is 9.47 Å². The third-order valence-corrected chi connectivity index (χ3v) is 5.21. The molecule has 0 spiro atoms. The maximum absolute atomic E-state index is 5.84. The zero-order chi connectivity index (χ0) is 20.1. The quantitative estimate of drug-likeness (QED) is 0.300. The first kappa shape index (κ1) is 19.4. The molecule has 0 fully saturated rings. The number of hydrogen-bond donors (Lipinski definition) is 2. The number of H-pyrrole nitrogens is 2. The van der Waals surface area contributed by atoms with Gasteiger partial charge in [0, 0.05) is 39.6 Å². The van der Waals surface area contributed by atoms with Crippen molar-refractivity contribution in [2.75, 3.05) is 13.2 Å². The molecular formula is C25H30N2O2. The number of unbranched alkanes of at least 4 members (excludes halogenated alkanes) is 2. The summed E-state index contributed by atoms with van der Waals surface area (Å²) in [5, 5.41) is 2.38. The van der Waals surface area contributed by atoms with E-state index in [0.29, 0.717) is 0 Å². The Labute approximate surface area is 172 Å². The van der Waals surface area contributed by atoms with Crippen molar-refractivity contribution in [3.8, 4) is 11.5 Å². The Morgan fingerprint density at radius 1 is 0.655 bits per heavy atom. The summed E-state index contributed by atoms with van der Waals surface area (Å²) in [4.78, 5) is 7.06. The largest absolute Gasteiger partial charge is 0.494 e. The molecule has 0 radical (unpaired) electrons. The topological polar surface area (TPSA) is 50.0 Å². The van der Waals surface area contributed by atoms with E-state index in [-0.39, 0.29) is 0 Å². The summed E-state index contributed by atoms with van der Waals surface area (Å²) in [6.07, 6.45) is 5.30. The molecular weight excluding hydrogens is 360 g/mol. The van der Waals surface area contributed by atoms with Crippen molar-refractivity contribution in [3.05, 3.63) is 59.9 Å². The molecule has 0 amide bonds. The summed E-state index contributed by atoms with van der Waals surface area (Å²) in [6, 6.07) is 17.0. The Morgan fingerprint density at radius 3 is 1.59 bits per heavy atom. The van der Waals surface area contributed by atoms with Crippen LogP contribution in [0, 0.1) is 0 Å². The molecule has 0 aliphatic carbocycles. The minimum atomic E-state index is 0.776. The monoisotopic (exact) mass is 390 g/mol.